The van der Waals surface area contributed by atoms with E-state index in [9.17, 15) is 27.6 Å². The molecule has 0 saturated carbocycles. The van der Waals surface area contributed by atoms with Gasteiger partial charge >= 0.3 is 11.9 Å². The maximum absolute atomic E-state index is 13.2. The fraction of sp³-hybridized carbons (Fsp3) is 0.167. The van der Waals surface area contributed by atoms with Crippen LogP contribution in [0, 0.1) is 0 Å². The molecule has 2 amide bonds. The fourth-order valence-electron chi connectivity index (χ4n) is 2.63. The maximum Gasteiger partial charge on any atom is 0.419 e. The van der Waals surface area contributed by atoms with E-state index in [1.54, 1.807) is 0 Å². The van der Waals surface area contributed by atoms with Crippen LogP contribution in [-0.4, -0.2) is 22.3 Å². The standard InChI is InChI=1S/C18H12Cl2F3N3O4/c1-26-13-6-12(11(20)5-14(13)30-17(26)29)25-16(28)8-2-9(18(21,22)23)4-10(3-8)24-15(27)7-19/h2-6H,7H2,1H3,(H,24,27)(H,25,28). The van der Waals surface area contributed by atoms with Crippen LogP contribution in [0.4, 0.5) is 24.5 Å². The first-order valence-corrected chi connectivity index (χ1v) is 9.09. The van der Waals surface area contributed by atoms with E-state index in [0.717, 1.165) is 6.07 Å². The molecule has 2 N–H and O–H groups in total. The molecular formula is C18H12Cl2F3N3O4. The number of amides is 2. The summed E-state index contributed by atoms with van der Waals surface area (Å²) >= 11 is 11.4. The summed E-state index contributed by atoms with van der Waals surface area (Å²) in [5.41, 5.74) is -1.23. The van der Waals surface area contributed by atoms with Crippen molar-refractivity contribution in [3.8, 4) is 0 Å². The minimum atomic E-state index is -4.76. The third-order valence-corrected chi connectivity index (χ3v) is 4.61. The highest BCUT2D eigenvalue weighted by molar-refractivity contribution is 6.34. The van der Waals surface area contributed by atoms with Crippen molar-refractivity contribution in [3.63, 3.8) is 0 Å². The molecule has 0 fully saturated rings. The van der Waals surface area contributed by atoms with Gasteiger partial charge < -0.3 is 15.1 Å². The molecule has 3 rings (SSSR count). The highest BCUT2D eigenvalue weighted by Gasteiger charge is 2.32. The van der Waals surface area contributed by atoms with Gasteiger partial charge in [-0.05, 0) is 24.3 Å². The predicted molar refractivity (Wildman–Crippen MR) is 105 cm³/mol. The molecule has 0 spiro atoms. The molecule has 0 aliphatic heterocycles. The van der Waals surface area contributed by atoms with Crippen molar-refractivity contribution in [2.24, 2.45) is 7.05 Å². The second-order valence-electron chi connectivity index (χ2n) is 6.16. The van der Waals surface area contributed by atoms with Crippen molar-refractivity contribution in [1.82, 2.24) is 4.57 Å². The van der Waals surface area contributed by atoms with E-state index in [1.165, 1.54) is 23.7 Å². The Hall–Kier alpha value is -2.98. The molecule has 12 heteroatoms. The molecule has 1 aromatic heterocycles. The molecule has 0 unspecified atom stereocenters. The number of benzene rings is 2. The molecule has 30 heavy (non-hydrogen) atoms. The lowest BCUT2D eigenvalue weighted by molar-refractivity contribution is -0.137. The summed E-state index contributed by atoms with van der Waals surface area (Å²) in [6.07, 6.45) is -4.76. The number of carbonyl (C=O) groups excluding carboxylic acids is 2. The van der Waals surface area contributed by atoms with Gasteiger partial charge in [-0.25, -0.2) is 4.79 Å². The number of alkyl halides is 4. The Morgan fingerprint density at radius 3 is 2.47 bits per heavy atom. The number of nitrogens with one attached hydrogen (secondary N) is 2. The van der Waals surface area contributed by atoms with Gasteiger partial charge in [0.1, 0.15) is 5.88 Å². The minimum Gasteiger partial charge on any atom is -0.408 e. The Morgan fingerprint density at radius 2 is 1.83 bits per heavy atom. The van der Waals surface area contributed by atoms with Crippen LogP contribution < -0.4 is 16.4 Å². The van der Waals surface area contributed by atoms with Crippen molar-refractivity contribution >= 4 is 57.5 Å². The van der Waals surface area contributed by atoms with Crippen LogP contribution in [0.2, 0.25) is 5.02 Å². The van der Waals surface area contributed by atoms with E-state index in [4.69, 9.17) is 27.6 Å². The summed E-state index contributed by atoms with van der Waals surface area (Å²) in [7, 11) is 1.44. The molecule has 0 radical (unpaired) electrons. The number of oxazole rings is 1. The Kier molecular flexibility index (Phi) is 5.82. The fourth-order valence-corrected chi connectivity index (χ4v) is 2.90. The average molecular weight is 462 g/mol. The summed E-state index contributed by atoms with van der Waals surface area (Å²) in [6.45, 7) is 0. The molecule has 1 heterocycles. The van der Waals surface area contributed by atoms with E-state index in [1.807, 2.05) is 0 Å². The summed E-state index contributed by atoms with van der Waals surface area (Å²) < 4.78 is 45.8. The van der Waals surface area contributed by atoms with Gasteiger partial charge in [-0.3, -0.25) is 14.2 Å². The highest BCUT2D eigenvalue weighted by Crippen LogP contribution is 2.33. The van der Waals surface area contributed by atoms with Crippen molar-refractivity contribution < 1.29 is 27.2 Å². The van der Waals surface area contributed by atoms with Gasteiger partial charge in [0.15, 0.2) is 5.58 Å². The smallest absolute Gasteiger partial charge is 0.408 e. The number of hydrogen-bond acceptors (Lipinski definition) is 4. The molecule has 0 bridgehead atoms. The van der Waals surface area contributed by atoms with E-state index in [0.29, 0.717) is 17.6 Å². The number of nitrogens with zero attached hydrogens (tertiary/aromatic N) is 1. The normalized spacial score (nSPS) is 11.5. The lowest BCUT2D eigenvalue weighted by Crippen LogP contribution is -2.17. The van der Waals surface area contributed by atoms with Crippen LogP contribution in [0.15, 0.2) is 39.5 Å². The molecule has 0 aliphatic carbocycles. The number of aromatic nitrogens is 1. The summed E-state index contributed by atoms with van der Waals surface area (Å²) in [5, 5.41) is 4.58. The van der Waals surface area contributed by atoms with Crippen LogP contribution in [0.25, 0.3) is 11.1 Å². The third-order valence-electron chi connectivity index (χ3n) is 4.06. The summed E-state index contributed by atoms with van der Waals surface area (Å²) in [4.78, 5) is 35.7. The Balaban J connectivity index is 2.00. The van der Waals surface area contributed by atoms with Gasteiger partial charge in [0, 0.05) is 24.4 Å². The van der Waals surface area contributed by atoms with Crippen LogP contribution in [0.5, 0.6) is 0 Å². The zero-order valence-corrected chi connectivity index (χ0v) is 16.6. The molecule has 0 aliphatic rings. The maximum atomic E-state index is 13.2. The first kappa shape index (κ1) is 21.7. The number of rotatable bonds is 4. The van der Waals surface area contributed by atoms with Crippen LogP contribution in [-0.2, 0) is 18.0 Å². The second-order valence-corrected chi connectivity index (χ2v) is 6.83. The van der Waals surface area contributed by atoms with Crippen molar-refractivity contribution in [2.75, 3.05) is 16.5 Å². The van der Waals surface area contributed by atoms with Crippen molar-refractivity contribution in [2.45, 2.75) is 6.18 Å². The van der Waals surface area contributed by atoms with E-state index >= 15 is 0 Å². The Bertz CT molecular complexity index is 1220. The summed E-state index contributed by atoms with van der Waals surface area (Å²) in [5.74, 6) is -2.78. The van der Waals surface area contributed by atoms with E-state index in [-0.39, 0.29) is 27.5 Å². The molecule has 0 atom stereocenters. The number of carbonyl (C=O) groups is 2. The number of aryl methyl sites for hydroxylation is 1. The lowest BCUT2D eigenvalue weighted by Gasteiger charge is -2.13. The molecular weight excluding hydrogens is 450 g/mol. The molecule has 7 nitrogen and oxygen atoms in total. The van der Waals surface area contributed by atoms with Crippen LogP contribution in [0.3, 0.4) is 0 Å². The molecule has 0 saturated heterocycles. The largest absolute Gasteiger partial charge is 0.419 e. The van der Waals surface area contributed by atoms with Gasteiger partial charge in [0.2, 0.25) is 5.91 Å². The van der Waals surface area contributed by atoms with Gasteiger partial charge in [0.05, 0.1) is 21.8 Å². The molecule has 2 aromatic carbocycles. The minimum absolute atomic E-state index is 0.00726. The Labute approximate surface area is 176 Å². The Morgan fingerprint density at radius 1 is 1.13 bits per heavy atom. The number of halogens is 5. The van der Waals surface area contributed by atoms with E-state index < -0.39 is 35.2 Å². The first-order valence-electron chi connectivity index (χ1n) is 8.18. The SMILES string of the molecule is Cn1c(=O)oc2cc(Cl)c(NC(=O)c3cc(NC(=O)CCl)cc(C(F)(F)F)c3)cc21. The number of fused-ring (bicyclic) bond motifs is 1. The highest BCUT2D eigenvalue weighted by atomic mass is 35.5. The number of anilines is 2. The molecule has 3 aromatic rings. The van der Waals surface area contributed by atoms with Gasteiger partial charge in [-0.15, -0.1) is 11.6 Å². The predicted octanol–water partition coefficient (Wildman–Crippen LogP) is 4.23. The zero-order chi connectivity index (χ0) is 22.2. The third kappa shape index (κ3) is 4.44. The first-order chi connectivity index (χ1) is 14.0. The monoisotopic (exact) mass is 461 g/mol. The van der Waals surface area contributed by atoms with Gasteiger partial charge in [0.25, 0.3) is 5.91 Å². The van der Waals surface area contributed by atoms with Crippen molar-refractivity contribution in [3.05, 3.63) is 57.0 Å². The summed E-state index contributed by atoms with van der Waals surface area (Å²) in [6, 6.07) is 5.03. The van der Waals surface area contributed by atoms with Crippen LogP contribution >= 0.6 is 23.2 Å². The topological polar surface area (TPSA) is 93.3 Å². The van der Waals surface area contributed by atoms with Crippen molar-refractivity contribution in [1.29, 1.82) is 0 Å². The van der Waals surface area contributed by atoms with E-state index in [2.05, 4.69) is 10.6 Å². The molecule has 158 valence electrons. The van der Waals surface area contributed by atoms with Crippen LogP contribution in [0.1, 0.15) is 15.9 Å². The quantitative estimate of drug-likeness (QED) is 0.568. The second kappa shape index (κ2) is 8.04. The van der Waals surface area contributed by atoms with Gasteiger partial charge in [-0.1, -0.05) is 11.6 Å². The number of hydrogen-bond donors (Lipinski definition) is 2. The zero-order valence-electron chi connectivity index (χ0n) is 15.1. The average Bonchev–Trinajstić information content (AvgIpc) is 2.94. The lowest BCUT2D eigenvalue weighted by atomic mass is 10.1. The van der Waals surface area contributed by atoms with Gasteiger partial charge in [-0.2, -0.15) is 13.2 Å².